The molecule has 1 N–H and O–H groups in total. The third kappa shape index (κ3) is 4.62. The van der Waals surface area contributed by atoms with Crippen LogP contribution in [0.2, 0.25) is 0 Å². The number of hydrogen-bond donors (Lipinski definition) is 1. The molecular weight excluding hydrogens is 470 g/mol. The average molecular weight is 496 g/mol. The van der Waals surface area contributed by atoms with Crippen LogP contribution in [0.15, 0.2) is 76.4 Å². The van der Waals surface area contributed by atoms with Crippen molar-refractivity contribution in [2.24, 2.45) is 0 Å². The zero-order valence-corrected chi connectivity index (χ0v) is 20.7. The van der Waals surface area contributed by atoms with Crippen LogP contribution in [0, 0.1) is 13.8 Å². The van der Waals surface area contributed by atoms with Crippen LogP contribution in [0.4, 0.5) is 11.4 Å². The average Bonchev–Trinajstić information content (AvgIpc) is 3.13. The number of rotatable bonds is 7. The van der Waals surface area contributed by atoms with Crippen molar-refractivity contribution in [2.45, 2.75) is 32.2 Å². The van der Waals surface area contributed by atoms with E-state index in [4.69, 9.17) is 0 Å². The van der Waals surface area contributed by atoms with Gasteiger partial charge in [-0.2, -0.15) is 0 Å². The highest BCUT2D eigenvalue weighted by Gasteiger charge is 2.27. The molecule has 0 spiro atoms. The molecular formula is C25H25N3O4S2. The van der Waals surface area contributed by atoms with Crippen LogP contribution in [-0.4, -0.2) is 25.4 Å². The van der Waals surface area contributed by atoms with E-state index in [1.54, 1.807) is 53.1 Å². The van der Waals surface area contributed by atoms with E-state index >= 15 is 0 Å². The zero-order chi connectivity index (χ0) is 24.5. The Morgan fingerprint density at radius 3 is 2.41 bits per heavy atom. The van der Waals surface area contributed by atoms with Crippen molar-refractivity contribution in [3.8, 4) is 0 Å². The molecule has 1 aromatic heterocycles. The number of sulfonamides is 1. The first-order chi connectivity index (χ1) is 16.2. The van der Waals surface area contributed by atoms with Gasteiger partial charge in [0.1, 0.15) is 6.54 Å². The summed E-state index contributed by atoms with van der Waals surface area (Å²) >= 11 is 1.11. The summed E-state index contributed by atoms with van der Waals surface area (Å²) in [4.78, 5) is 25.2. The van der Waals surface area contributed by atoms with Gasteiger partial charge in [0.2, 0.25) is 5.91 Å². The maximum absolute atomic E-state index is 13.5. The van der Waals surface area contributed by atoms with E-state index in [1.807, 2.05) is 26.8 Å². The van der Waals surface area contributed by atoms with E-state index in [0.717, 1.165) is 37.0 Å². The number of benzene rings is 3. The van der Waals surface area contributed by atoms with E-state index < -0.39 is 22.5 Å². The summed E-state index contributed by atoms with van der Waals surface area (Å²) in [6.07, 6.45) is 0. The van der Waals surface area contributed by atoms with E-state index in [9.17, 15) is 18.0 Å². The Labute approximate surface area is 202 Å². The molecule has 9 heteroatoms. The fourth-order valence-corrected chi connectivity index (χ4v) is 6.12. The Bertz CT molecular complexity index is 1520. The normalized spacial score (nSPS) is 11.5. The molecule has 4 rings (SSSR count). The minimum absolute atomic E-state index is 0.0594. The number of nitrogens with one attached hydrogen (secondary N) is 1. The highest BCUT2D eigenvalue weighted by Crippen LogP contribution is 2.26. The number of anilines is 2. The molecule has 1 amide bonds. The van der Waals surface area contributed by atoms with Crippen molar-refractivity contribution in [3.63, 3.8) is 0 Å². The molecule has 0 saturated heterocycles. The number of hydrogen-bond acceptors (Lipinski definition) is 5. The van der Waals surface area contributed by atoms with E-state index in [0.29, 0.717) is 17.9 Å². The molecule has 7 nitrogen and oxygen atoms in total. The van der Waals surface area contributed by atoms with Gasteiger partial charge < -0.3 is 5.32 Å². The summed E-state index contributed by atoms with van der Waals surface area (Å²) in [5.74, 6) is -0.487. The third-order valence-corrected chi connectivity index (χ3v) is 8.40. The summed E-state index contributed by atoms with van der Waals surface area (Å²) < 4.78 is 30.5. The van der Waals surface area contributed by atoms with Crippen molar-refractivity contribution < 1.29 is 13.2 Å². The molecule has 1 heterocycles. The van der Waals surface area contributed by atoms with Crippen LogP contribution in [0.5, 0.6) is 0 Å². The Morgan fingerprint density at radius 1 is 1.00 bits per heavy atom. The fourth-order valence-electron chi connectivity index (χ4n) is 3.69. The summed E-state index contributed by atoms with van der Waals surface area (Å²) in [6, 6.07) is 18.6. The molecule has 176 valence electrons. The van der Waals surface area contributed by atoms with Crippen LogP contribution < -0.4 is 14.5 Å². The second-order valence-electron chi connectivity index (χ2n) is 7.94. The number of carbonyl (C=O) groups is 1. The number of carbonyl (C=O) groups excluding carboxylic acids is 1. The largest absolute Gasteiger partial charge is 0.324 e. The number of amides is 1. The molecule has 0 atom stereocenters. The topological polar surface area (TPSA) is 88.5 Å². The quantitative estimate of drug-likeness (QED) is 0.408. The van der Waals surface area contributed by atoms with Crippen LogP contribution in [-0.2, 0) is 21.4 Å². The maximum atomic E-state index is 13.5. The monoisotopic (exact) mass is 495 g/mol. The Kier molecular flexibility index (Phi) is 6.58. The number of aryl methyl sites for hydroxylation is 3. The summed E-state index contributed by atoms with van der Waals surface area (Å²) in [6.45, 7) is 5.90. The van der Waals surface area contributed by atoms with Crippen molar-refractivity contribution in [1.29, 1.82) is 0 Å². The molecule has 0 unspecified atom stereocenters. The lowest BCUT2D eigenvalue weighted by molar-refractivity contribution is -0.114. The summed E-state index contributed by atoms with van der Waals surface area (Å²) in [5.41, 5.74) is 3.66. The number of nitrogens with zero attached hydrogens (tertiary/aromatic N) is 2. The third-order valence-electron chi connectivity index (χ3n) is 5.67. The molecule has 0 saturated carbocycles. The van der Waals surface area contributed by atoms with Gasteiger partial charge in [-0.1, -0.05) is 35.6 Å². The molecule has 0 aliphatic carbocycles. The molecule has 0 aliphatic heterocycles. The maximum Gasteiger partial charge on any atom is 0.308 e. The first kappa shape index (κ1) is 23.7. The van der Waals surface area contributed by atoms with Crippen LogP contribution in [0.3, 0.4) is 0 Å². The van der Waals surface area contributed by atoms with E-state index in [2.05, 4.69) is 5.32 Å². The first-order valence-corrected chi connectivity index (χ1v) is 13.0. The lowest BCUT2D eigenvalue weighted by Gasteiger charge is -2.25. The predicted molar refractivity (Wildman–Crippen MR) is 137 cm³/mol. The van der Waals surface area contributed by atoms with Gasteiger partial charge in [0.05, 0.1) is 20.8 Å². The van der Waals surface area contributed by atoms with Crippen molar-refractivity contribution in [2.75, 3.05) is 16.2 Å². The molecule has 0 fully saturated rings. The molecule has 0 aliphatic rings. The Morgan fingerprint density at radius 2 is 1.74 bits per heavy atom. The fraction of sp³-hybridized carbons (Fsp3) is 0.200. The highest BCUT2D eigenvalue weighted by atomic mass is 32.2. The van der Waals surface area contributed by atoms with Crippen molar-refractivity contribution in [1.82, 2.24) is 4.57 Å². The van der Waals surface area contributed by atoms with Crippen LogP contribution >= 0.6 is 11.3 Å². The SMILES string of the molecule is CCn1c(=O)sc2cc(NC(=O)CN(c3ccc(C)c(C)c3)S(=O)(=O)c3ccccc3)ccc21. The van der Waals surface area contributed by atoms with Gasteiger partial charge in [0.15, 0.2) is 0 Å². The molecule has 0 radical (unpaired) electrons. The minimum atomic E-state index is -3.98. The molecule has 34 heavy (non-hydrogen) atoms. The van der Waals surface area contributed by atoms with Gasteiger partial charge in [0, 0.05) is 12.2 Å². The molecule has 4 aromatic rings. The molecule has 3 aromatic carbocycles. The Hall–Kier alpha value is -3.43. The highest BCUT2D eigenvalue weighted by molar-refractivity contribution is 7.92. The van der Waals surface area contributed by atoms with Crippen molar-refractivity contribution >= 4 is 48.9 Å². The van der Waals surface area contributed by atoms with Gasteiger partial charge in [0.25, 0.3) is 10.0 Å². The van der Waals surface area contributed by atoms with E-state index in [1.165, 1.54) is 12.1 Å². The zero-order valence-electron chi connectivity index (χ0n) is 19.1. The predicted octanol–water partition coefficient (Wildman–Crippen LogP) is 4.53. The smallest absolute Gasteiger partial charge is 0.308 e. The van der Waals surface area contributed by atoms with Gasteiger partial charge in [-0.3, -0.25) is 18.5 Å². The minimum Gasteiger partial charge on any atom is -0.324 e. The number of thiazole rings is 1. The second kappa shape index (κ2) is 9.44. The number of aromatic nitrogens is 1. The standard InChI is InChI=1S/C25H25N3O4S2/c1-4-27-22-13-11-19(15-23(22)33-25(27)30)26-24(29)16-28(20-12-10-17(2)18(3)14-20)34(31,32)21-8-6-5-7-9-21/h5-15H,4,16H2,1-3H3,(H,26,29). The molecule has 0 bridgehead atoms. The van der Waals surface area contributed by atoms with Gasteiger partial charge in [-0.15, -0.1) is 0 Å². The lowest BCUT2D eigenvalue weighted by Crippen LogP contribution is -2.38. The van der Waals surface area contributed by atoms with Crippen molar-refractivity contribution in [3.05, 3.63) is 87.5 Å². The first-order valence-electron chi connectivity index (χ1n) is 10.8. The van der Waals surface area contributed by atoms with Gasteiger partial charge in [-0.05, 0) is 74.4 Å². The van der Waals surface area contributed by atoms with Crippen LogP contribution in [0.1, 0.15) is 18.1 Å². The lowest BCUT2D eigenvalue weighted by atomic mass is 10.1. The summed E-state index contributed by atoms with van der Waals surface area (Å²) in [7, 11) is -3.98. The van der Waals surface area contributed by atoms with Gasteiger partial charge >= 0.3 is 4.87 Å². The van der Waals surface area contributed by atoms with Gasteiger partial charge in [-0.25, -0.2) is 8.42 Å². The summed E-state index contributed by atoms with van der Waals surface area (Å²) in [5, 5.41) is 2.78. The Balaban J connectivity index is 1.66. The second-order valence-corrected chi connectivity index (χ2v) is 10.8. The van der Waals surface area contributed by atoms with E-state index in [-0.39, 0.29) is 9.77 Å². The van der Waals surface area contributed by atoms with Crippen LogP contribution in [0.25, 0.3) is 10.2 Å². The number of fused-ring (bicyclic) bond motifs is 1.